The van der Waals surface area contributed by atoms with Gasteiger partial charge in [0, 0.05) is 17.7 Å². The zero-order valence-electron chi connectivity index (χ0n) is 8.07. The minimum Gasteiger partial charge on any atom is -0.364 e. The van der Waals surface area contributed by atoms with E-state index in [1.54, 1.807) is 11.8 Å². The molecule has 4 nitrogen and oxygen atoms in total. The standard InChI is InChI=1S/C9H17N3OS/c10-9-11-8(5-14-9)6-2-1-3-7(4-6)12-13/h5-7,9,11-13H,1-4,10H2. The summed E-state index contributed by atoms with van der Waals surface area (Å²) in [5.74, 6) is 0.537. The third-order valence-corrected chi connectivity index (χ3v) is 3.75. The van der Waals surface area contributed by atoms with Gasteiger partial charge in [-0.05, 0) is 24.7 Å². The first-order chi connectivity index (χ1) is 6.79. The van der Waals surface area contributed by atoms with Crippen LogP contribution in [-0.4, -0.2) is 16.7 Å². The van der Waals surface area contributed by atoms with Gasteiger partial charge in [-0.3, -0.25) is 0 Å². The molecule has 5 N–H and O–H groups in total. The summed E-state index contributed by atoms with van der Waals surface area (Å²) in [6, 6.07) is 0.248. The molecule has 0 spiro atoms. The van der Waals surface area contributed by atoms with Crippen LogP contribution in [0.4, 0.5) is 0 Å². The first-order valence-electron chi connectivity index (χ1n) is 5.07. The lowest BCUT2D eigenvalue weighted by molar-refractivity contribution is 0.0969. The molecule has 1 aliphatic carbocycles. The molecule has 3 unspecified atom stereocenters. The first-order valence-corrected chi connectivity index (χ1v) is 6.01. The van der Waals surface area contributed by atoms with Gasteiger partial charge in [-0.2, -0.15) is 0 Å². The molecule has 0 saturated heterocycles. The van der Waals surface area contributed by atoms with Crippen LogP contribution in [0.5, 0.6) is 0 Å². The molecule has 2 aliphatic rings. The van der Waals surface area contributed by atoms with Gasteiger partial charge in [0.05, 0.1) is 0 Å². The van der Waals surface area contributed by atoms with Crippen molar-refractivity contribution < 1.29 is 5.21 Å². The maximum atomic E-state index is 8.88. The number of rotatable bonds is 2. The van der Waals surface area contributed by atoms with Crippen LogP contribution >= 0.6 is 11.8 Å². The minimum atomic E-state index is 0.0208. The van der Waals surface area contributed by atoms with Crippen molar-refractivity contribution in [1.29, 1.82) is 0 Å². The number of nitrogens with two attached hydrogens (primary N) is 1. The third kappa shape index (κ3) is 2.23. The largest absolute Gasteiger partial charge is 0.364 e. The molecule has 80 valence electrons. The van der Waals surface area contributed by atoms with Gasteiger partial charge in [0.25, 0.3) is 0 Å². The Morgan fingerprint density at radius 2 is 2.43 bits per heavy atom. The number of thioether (sulfide) groups is 1. The van der Waals surface area contributed by atoms with E-state index in [9.17, 15) is 0 Å². The van der Waals surface area contributed by atoms with Crippen LogP contribution in [0.2, 0.25) is 0 Å². The van der Waals surface area contributed by atoms with Gasteiger partial charge in [0.15, 0.2) is 0 Å². The van der Waals surface area contributed by atoms with Gasteiger partial charge in [-0.1, -0.05) is 18.2 Å². The number of nitrogens with one attached hydrogen (secondary N) is 2. The van der Waals surface area contributed by atoms with E-state index < -0.39 is 0 Å². The minimum absolute atomic E-state index is 0.0208. The van der Waals surface area contributed by atoms with E-state index in [0.717, 1.165) is 12.8 Å². The van der Waals surface area contributed by atoms with Gasteiger partial charge < -0.3 is 16.3 Å². The normalized spacial score (nSPS) is 37.9. The van der Waals surface area contributed by atoms with Crippen LogP contribution in [0.1, 0.15) is 25.7 Å². The molecule has 0 aromatic heterocycles. The highest BCUT2D eigenvalue weighted by molar-refractivity contribution is 8.02. The molecule has 0 bridgehead atoms. The summed E-state index contributed by atoms with van der Waals surface area (Å²) in [6.07, 6.45) is 4.44. The number of allylic oxidation sites excluding steroid dienone is 1. The van der Waals surface area contributed by atoms with Crippen LogP contribution in [-0.2, 0) is 0 Å². The Hall–Kier alpha value is -0.230. The zero-order valence-corrected chi connectivity index (χ0v) is 8.89. The molecule has 1 saturated carbocycles. The van der Waals surface area contributed by atoms with E-state index in [1.165, 1.54) is 18.5 Å². The molecule has 1 heterocycles. The molecule has 1 aliphatic heterocycles. The van der Waals surface area contributed by atoms with Gasteiger partial charge >= 0.3 is 0 Å². The van der Waals surface area contributed by atoms with Crippen molar-refractivity contribution in [3.63, 3.8) is 0 Å². The Morgan fingerprint density at radius 3 is 3.07 bits per heavy atom. The third-order valence-electron chi connectivity index (χ3n) is 2.95. The summed E-state index contributed by atoms with van der Waals surface area (Å²) < 4.78 is 0. The highest BCUT2D eigenvalue weighted by Gasteiger charge is 2.27. The second-order valence-corrected chi connectivity index (χ2v) is 4.98. The molecule has 0 aromatic carbocycles. The average Bonchev–Trinajstić information content (AvgIpc) is 2.65. The lowest BCUT2D eigenvalue weighted by atomic mass is 9.84. The van der Waals surface area contributed by atoms with Crippen LogP contribution in [0.15, 0.2) is 11.1 Å². The topological polar surface area (TPSA) is 70.3 Å². The Balaban J connectivity index is 1.91. The van der Waals surface area contributed by atoms with Crippen molar-refractivity contribution in [2.24, 2.45) is 11.7 Å². The Kier molecular flexibility index (Phi) is 3.33. The van der Waals surface area contributed by atoms with E-state index in [0.29, 0.717) is 5.92 Å². The van der Waals surface area contributed by atoms with E-state index in [4.69, 9.17) is 10.9 Å². The maximum absolute atomic E-state index is 8.88. The first kappa shape index (κ1) is 10.3. The smallest absolute Gasteiger partial charge is 0.127 e. The molecule has 0 radical (unpaired) electrons. The summed E-state index contributed by atoms with van der Waals surface area (Å²) in [6.45, 7) is 0. The molecule has 2 rings (SSSR count). The second-order valence-electron chi connectivity index (χ2n) is 3.96. The Labute approximate surface area is 88.3 Å². The molecule has 0 amide bonds. The summed E-state index contributed by atoms with van der Waals surface area (Å²) >= 11 is 1.63. The second kappa shape index (κ2) is 4.53. The number of hydroxylamine groups is 1. The molecular weight excluding hydrogens is 198 g/mol. The fourth-order valence-electron chi connectivity index (χ4n) is 2.18. The summed E-state index contributed by atoms with van der Waals surface area (Å²) in [7, 11) is 0. The molecule has 14 heavy (non-hydrogen) atoms. The van der Waals surface area contributed by atoms with E-state index in [-0.39, 0.29) is 11.5 Å². The van der Waals surface area contributed by atoms with Crippen molar-refractivity contribution in [2.75, 3.05) is 0 Å². The van der Waals surface area contributed by atoms with E-state index in [2.05, 4.69) is 16.2 Å². The van der Waals surface area contributed by atoms with Crippen molar-refractivity contribution in [3.05, 3.63) is 11.1 Å². The van der Waals surface area contributed by atoms with Crippen molar-refractivity contribution >= 4 is 11.8 Å². The van der Waals surface area contributed by atoms with Crippen LogP contribution in [0.25, 0.3) is 0 Å². The molecule has 3 atom stereocenters. The van der Waals surface area contributed by atoms with Gasteiger partial charge in [0.1, 0.15) is 5.50 Å². The van der Waals surface area contributed by atoms with Gasteiger partial charge in [0.2, 0.25) is 0 Å². The quantitative estimate of drug-likeness (QED) is 0.516. The highest BCUT2D eigenvalue weighted by Crippen LogP contribution is 2.33. The molecule has 1 fully saturated rings. The monoisotopic (exact) mass is 215 g/mol. The van der Waals surface area contributed by atoms with Crippen LogP contribution < -0.4 is 16.5 Å². The van der Waals surface area contributed by atoms with E-state index in [1.807, 2.05) is 0 Å². The van der Waals surface area contributed by atoms with Gasteiger partial charge in [-0.25, -0.2) is 5.48 Å². The van der Waals surface area contributed by atoms with Crippen molar-refractivity contribution in [3.8, 4) is 0 Å². The maximum Gasteiger partial charge on any atom is 0.127 e. The Morgan fingerprint density at radius 1 is 1.57 bits per heavy atom. The van der Waals surface area contributed by atoms with Crippen LogP contribution in [0.3, 0.4) is 0 Å². The SMILES string of the molecule is NC1NC(C2CCCC(NO)C2)=CS1. The number of hydrogen-bond acceptors (Lipinski definition) is 5. The van der Waals surface area contributed by atoms with Crippen LogP contribution in [0, 0.1) is 5.92 Å². The highest BCUT2D eigenvalue weighted by atomic mass is 32.2. The van der Waals surface area contributed by atoms with Crippen molar-refractivity contribution in [2.45, 2.75) is 37.2 Å². The van der Waals surface area contributed by atoms with Crippen molar-refractivity contribution in [1.82, 2.24) is 10.8 Å². The number of hydrogen-bond donors (Lipinski definition) is 4. The lowest BCUT2D eigenvalue weighted by Gasteiger charge is -2.29. The summed E-state index contributed by atoms with van der Waals surface area (Å²) in [5.41, 5.74) is 9.38. The zero-order chi connectivity index (χ0) is 9.97. The summed E-state index contributed by atoms with van der Waals surface area (Å²) in [4.78, 5) is 0. The lowest BCUT2D eigenvalue weighted by Crippen LogP contribution is -2.36. The molecule has 5 heteroatoms. The van der Waals surface area contributed by atoms with E-state index >= 15 is 0 Å². The molecular formula is C9H17N3OS. The predicted octanol–water partition coefficient (Wildman–Crippen LogP) is 0.944. The summed E-state index contributed by atoms with van der Waals surface area (Å²) in [5, 5.41) is 14.3. The van der Waals surface area contributed by atoms with Gasteiger partial charge in [-0.15, -0.1) is 0 Å². The average molecular weight is 215 g/mol. The fourth-order valence-corrected chi connectivity index (χ4v) is 2.94. The predicted molar refractivity (Wildman–Crippen MR) is 57.5 cm³/mol. The molecule has 0 aromatic rings. The fraction of sp³-hybridized carbons (Fsp3) is 0.778. The Bertz CT molecular complexity index is 234.